The van der Waals surface area contributed by atoms with Gasteiger partial charge in [-0.3, -0.25) is 0 Å². The number of hydrogen-bond donors (Lipinski definition) is 2. The summed E-state index contributed by atoms with van der Waals surface area (Å²) in [4.78, 5) is 11.1. The fourth-order valence-electron chi connectivity index (χ4n) is 1.56. The van der Waals surface area contributed by atoms with Gasteiger partial charge in [-0.15, -0.1) is 0 Å². The van der Waals surface area contributed by atoms with Crippen molar-refractivity contribution in [3.05, 3.63) is 43.0 Å². The minimum Gasteiger partial charge on any atom is -0.423 e. The summed E-state index contributed by atoms with van der Waals surface area (Å²) in [6.45, 7) is 3.33. The lowest BCUT2D eigenvalue weighted by atomic mass is 10.1. The highest BCUT2D eigenvalue weighted by atomic mass is 16.5. The standard InChI is InChI=1S/C13H12N2O2/c1-2-12(16)17-9-5-3-8-4-6-11(14)13(15)10(8)7-9/h2-7H,1,14-15H2. The summed E-state index contributed by atoms with van der Waals surface area (Å²) in [7, 11) is 0. The van der Waals surface area contributed by atoms with Crippen molar-refractivity contribution in [1.82, 2.24) is 0 Å². The van der Waals surface area contributed by atoms with Gasteiger partial charge in [0.25, 0.3) is 0 Å². The van der Waals surface area contributed by atoms with Gasteiger partial charge in [-0.1, -0.05) is 18.7 Å². The molecule has 86 valence electrons. The lowest BCUT2D eigenvalue weighted by Gasteiger charge is -2.07. The van der Waals surface area contributed by atoms with Gasteiger partial charge in [0.05, 0.1) is 11.4 Å². The first-order chi connectivity index (χ1) is 8.11. The molecule has 17 heavy (non-hydrogen) atoms. The van der Waals surface area contributed by atoms with Gasteiger partial charge < -0.3 is 16.2 Å². The second kappa shape index (κ2) is 4.17. The van der Waals surface area contributed by atoms with Crippen LogP contribution >= 0.6 is 0 Å². The van der Waals surface area contributed by atoms with Gasteiger partial charge in [-0.05, 0) is 23.6 Å². The number of benzene rings is 2. The molecule has 0 heterocycles. The van der Waals surface area contributed by atoms with Crippen molar-refractivity contribution in [1.29, 1.82) is 0 Å². The third-order valence-electron chi connectivity index (χ3n) is 2.45. The van der Waals surface area contributed by atoms with Crippen LogP contribution in [0.25, 0.3) is 10.8 Å². The third-order valence-corrected chi connectivity index (χ3v) is 2.45. The zero-order valence-electron chi connectivity index (χ0n) is 9.14. The number of hydrogen-bond acceptors (Lipinski definition) is 4. The molecule has 0 atom stereocenters. The van der Waals surface area contributed by atoms with Crippen molar-refractivity contribution in [2.24, 2.45) is 0 Å². The number of nitrogens with two attached hydrogens (primary N) is 2. The summed E-state index contributed by atoms with van der Waals surface area (Å²) >= 11 is 0. The van der Waals surface area contributed by atoms with E-state index in [1.54, 1.807) is 18.2 Å². The normalized spacial score (nSPS) is 10.1. The molecule has 2 aromatic carbocycles. The van der Waals surface area contributed by atoms with Crippen LogP contribution in [0.3, 0.4) is 0 Å². The molecule has 0 aliphatic heterocycles. The lowest BCUT2D eigenvalue weighted by molar-refractivity contribution is -0.128. The fourth-order valence-corrected chi connectivity index (χ4v) is 1.56. The molecule has 2 rings (SSSR count). The fraction of sp³-hybridized carbons (Fsp3) is 0. The summed E-state index contributed by atoms with van der Waals surface area (Å²) in [5.41, 5.74) is 12.6. The van der Waals surface area contributed by atoms with Crippen LogP contribution in [0.15, 0.2) is 43.0 Å². The maximum absolute atomic E-state index is 11.1. The van der Waals surface area contributed by atoms with Crippen molar-refractivity contribution >= 4 is 28.1 Å². The van der Waals surface area contributed by atoms with Crippen LogP contribution in [0.2, 0.25) is 0 Å². The van der Waals surface area contributed by atoms with Gasteiger partial charge in [-0.25, -0.2) is 4.79 Å². The van der Waals surface area contributed by atoms with Crippen molar-refractivity contribution in [2.75, 3.05) is 11.5 Å². The number of ether oxygens (including phenoxy) is 1. The van der Waals surface area contributed by atoms with Crippen molar-refractivity contribution in [3.8, 4) is 5.75 Å². The third kappa shape index (κ3) is 2.06. The van der Waals surface area contributed by atoms with Gasteiger partial charge in [-0.2, -0.15) is 0 Å². The van der Waals surface area contributed by atoms with E-state index in [1.165, 1.54) is 0 Å². The molecule has 0 saturated heterocycles. The molecule has 0 spiro atoms. The van der Waals surface area contributed by atoms with Crippen molar-refractivity contribution in [3.63, 3.8) is 0 Å². The number of carbonyl (C=O) groups is 1. The number of carbonyl (C=O) groups excluding carboxylic acids is 1. The summed E-state index contributed by atoms with van der Waals surface area (Å²) in [6, 6.07) is 8.80. The van der Waals surface area contributed by atoms with Gasteiger partial charge in [0, 0.05) is 11.5 Å². The first kappa shape index (κ1) is 11.0. The van der Waals surface area contributed by atoms with E-state index < -0.39 is 5.97 Å². The number of nitrogen functional groups attached to an aromatic ring is 2. The zero-order chi connectivity index (χ0) is 12.4. The Morgan fingerprint density at radius 1 is 1.24 bits per heavy atom. The zero-order valence-corrected chi connectivity index (χ0v) is 9.14. The molecule has 0 radical (unpaired) electrons. The first-order valence-corrected chi connectivity index (χ1v) is 5.04. The second-order valence-electron chi connectivity index (χ2n) is 3.58. The number of esters is 1. The molecule has 4 nitrogen and oxygen atoms in total. The van der Waals surface area contributed by atoms with E-state index in [-0.39, 0.29) is 0 Å². The maximum atomic E-state index is 11.1. The average Bonchev–Trinajstić information content (AvgIpc) is 2.34. The first-order valence-electron chi connectivity index (χ1n) is 5.04. The molecule has 0 fully saturated rings. The Morgan fingerprint density at radius 3 is 2.65 bits per heavy atom. The molecule has 0 aromatic heterocycles. The van der Waals surface area contributed by atoms with Crippen LogP contribution in [0.5, 0.6) is 5.75 Å². The minimum absolute atomic E-state index is 0.416. The molecule has 0 aliphatic rings. The Hall–Kier alpha value is -2.49. The number of fused-ring (bicyclic) bond motifs is 1. The van der Waals surface area contributed by atoms with Crippen LogP contribution in [0.4, 0.5) is 11.4 Å². The van der Waals surface area contributed by atoms with E-state index in [0.717, 1.165) is 16.8 Å². The SMILES string of the molecule is C=CC(=O)Oc1ccc2ccc(N)c(N)c2c1. The predicted octanol–water partition coefficient (Wildman–Crippen LogP) is 2.10. The molecule has 4 heteroatoms. The highest BCUT2D eigenvalue weighted by molar-refractivity contribution is 5.99. The van der Waals surface area contributed by atoms with Crippen molar-refractivity contribution in [2.45, 2.75) is 0 Å². The topological polar surface area (TPSA) is 78.3 Å². The molecule has 2 aromatic rings. The molecule has 0 unspecified atom stereocenters. The molecule has 0 bridgehead atoms. The summed E-state index contributed by atoms with van der Waals surface area (Å²) in [6.07, 6.45) is 1.10. The van der Waals surface area contributed by atoms with E-state index in [2.05, 4.69) is 6.58 Å². The second-order valence-corrected chi connectivity index (χ2v) is 3.58. The van der Waals surface area contributed by atoms with E-state index in [4.69, 9.17) is 16.2 Å². The Balaban J connectivity index is 2.52. The Morgan fingerprint density at radius 2 is 1.94 bits per heavy atom. The van der Waals surface area contributed by atoms with Gasteiger partial charge in [0.15, 0.2) is 0 Å². The van der Waals surface area contributed by atoms with E-state index in [0.29, 0.717) is 17.1 Å². The predicted molar refractivity (Wildman–Crippen MR) is 68.6 cm³/mol. The van der Waals surface area contributed by atoms with Crippen LogP contribution in [0, 0.1) is 0 Å². The average molecular weight is 228 g/mol. The highest BCUT2D eigenvalue weighted by Crippen LogP contribution is 2.29. The van der Waals surface area contributed by atoms with E-state index >= 15 is 0 Å². The number of rotatable bonds is 2. The van der Waals surface area contributed by atoms with Crippen LogP contribution in [-0.4, -0.2) is 5.97 Å². The summed E-state index contributed by atoms with van der Waals surface area (Å²) < 4.78 is 5.01. The Kier molecular flexibility index (Phi) is 2.70. The van der Waals surface area contributed by atoms with Crippen LogP contribution in [-0.2, 0) is 4.79 Å². The summed E-state index contributed by atoms with van der Waals surface area (Å²) in [5.74, 6) is -0.0912. The van der Waals surface area contributed by atoms with Gasteiger partial charge in [0.1, 0.15) is 5.75 Å². The minimum atomic E-state index is -0.508. The van der Waals surface area contributed by atoms with Crippen LogP contribution < -0.4 is 16.2 Å². The lowest BCUT2D eigenvalue weighted by Crippen LogP contribution is -2.03. The molecule has 0 aliphatic carbocycles. The van der Waals surface area contributed by atoms with Gasteiger partial charge >= 0.3 is 5.97 Å². The molecule has 0 saturated carbocycles. The Bertz CT molecular complexity index is 606. The maximum Gasteiger partial charge on any atom is 0.335 e. The molecule has 4 N–H and O–H groups in total. The van der Waals surface area contributed by atoms with E-state index in [1.807, 2.05) is 12.1 Å². The molecule has 0 amide bonds. The van der Waals surface area contributed by atoms with Crippen LogP contribution in [0.1, 0.15) is 0 Å². The van der Waals surface area contributed by atoms with Gasteiger partial charge in [0.2, 0.25) is 0 Å². The molecular weight excluding hydrogens is 216 g/mol. The largest absolute Gasteiger partial charge is 0.423 e. The highest BCUT2D eigenvalue weighted by Gasteiger charge is 2.05. The summed E-state index contributed by atoms with van der Waals surface area (Å²) in [5, 5.41) is 1.70. The smallest absolute Gasteiger partial charge is 0.335 e. The van der Waals surface area contributed by atoms with E-state index in [9.17, 15) is 4.79 Å². The molecular formula is C13H12N2O2. The number of anilines is 2. The Labute approximate surface area is 98.5 Å². The van der Waals surface area contributed by atoms with Crippen molar-refractivity contribution < 1.29 is 9.53 Å². The monoisotopic (exact) mass is 228 g/mol. The quantitative estimate of drug-likeness (QED) is 0.357.